The molecule has 1 fully saturated rings. The van der Waals surface area contributed by atoms with Gasteiger partial charge in [0.05, 0.1) is 12.5 Å². The molecule has 0 amide bonds. The van der Waals surface area contributed by atoms with Gasteiger partial charge in [0.25, 0.3) is 0 Å². The van der Waals surface area contributed by atoms with Crippen LogP contribution in [0.15, 0.2) is 11.4 Å². The van der Waals surface area contributed by atoms with Gasteiger partial charge >= 0.3 is 0 Å². The molecule has 9 heteroatoms. The van der Waals surface area contributed by atoms with Gasteiger partial charge in [0.1, 0.15) is 11.6 Å². The summed E-state index contributed by atoms with van der Waals surface area (Å²) < 4.78 is 24.7. The molecule has 0 atom stereocenters. The fourth-order valence-corrected chi connectivity index (χ4v) is 3.58. The second-order valence-corrected chi connectivity index (χ2v) is 8.02. The van der Waals surface area contributed by atoms with Crippen LogP contribution in [0.25, 0.3) is 0 Å². The topological polar surface area (TPSA) is 90.2 Å². The van der Waals surface area contributed by atoms with Gasteiger partial charge in [-0.3, -0.25) is 0 Å². The van der Waals surface area contributed by atoms with Crippen molar-refractivity contribution >= 4 is 27.6 Å². The molecule has 0 aliphatic carbocycles. The highest BCUT2D eigenvalue weighted by molar-refractivity contribution is 7.98. The van der Waals surface area contributed by atoms with Crippen LogP contribution in [-0.4, -0.2) is 61.4 Å². The van der Waals surface area contributed by atoms with Crippen LogP contribution in [0.1, 0.15) is 18.4 Å². The van der Waals surface area contributed by atoms with E-state index in [1.165, 1.54) is 22.3 Å². The van der Waals surface area contributed by atoms with Crippen molar-refractivity contribution in [2.24, 2.45) is 0 Å². The van der Waals surface area contributed by atoms with E-state index in [4.69, 9.17) is 0 Å². The molecule has 120 valence electrons. The molecule has 1 aromatic heterocycles. The Labute approximate surface area is 135 Å². The summed E-state index contributed by atoms with van der Waals surface area (Å²) in [7, 11) is -1.56. The molecule has 0 bridgehead atoms. The molecule has 0 unspecified atom stereocenters. The lowest BCUT2D eigenvalue weighted by atomic mass is 10.1. The van der Waals surface area contributed by atoms with Crippen molar-refractivity contribution < 1.29 is 8.42 Å². The summed E-state index contributed by atoms with van der Waals surface area (Å²) in [6.07, 6.45) is 6.09. The Balaban J connectivity index is 2.14. The number of aromatic nitrogens is 2. The zero-order valence-corrected chi connectivity index (χ0v) is 14.5. The third kappa shape index (κ3) is 3.69. The van der Waals surface area contributed by atoms with E-state index < -0.39 is 10.0 Å². The fraction of sp³-hybridized carbons (Fsp3) is 0.615. The minimum absolute atomic E-state index is 0.00126. The first kappa shape index (κ1) is 17.0. The number of rotatable bonds is 4. The van der Waals surface area contributed by atoms with Crippen molar-refractivity contribution in [3.05, 3.63) is 11.8 Å². The summed E-state index contributed by atoms with van der Waals surface area (Å²) in [6, 6.07) is 2.12. The second-order valence-electron chi connectivity index (χ2n) is 5.20. The molecule has 1 aliphatic heterocycles. The van der Waals surface area contributed by atoms with E-state index in [9.17, 15) is 13.7 Å². The standard InChI is InChI=1S/C13H19N5O2S2/c1-17(22(3,19)20)11-4-6-18(7-5-11)12-10(8-14)9-15-13(16-12)21-2/h9,11H,4-7H2,1-3H3. The van der Waals surface area contributed by atoms with E-state index in [0.29, 0.717) is 42.5 Å². The van der Waals surface area contributed by atoms with Crippen molar-refractivity contribution in [3.63, 3.8) is 0 Å². The number of hydrogen-bond acceptors (Lipinski definition) is 7. The Morgan fingerprint density at radius 2 is 2.09 bits per heavy atom. The Morgan fingerprint density at radius 3 is 2.59 bits per heavy atom. The van der Waals surface area contributed by atoms with Gasteiger partial charge < -0.3 is 4.90 Å². The first-order valence-electron chi connectivity index (χ1n) is 6.86. The quantitative estimate of drug-likeness (QED) is 0.594. The van der Waals surface area contributed by atoms with Crippen LogP contribution in [0.5, 0.6) is 0 Å². The Kier molecular flexibility index (Phi) is 5.26. The summed E-state index contributed by atoms with van der Waals surface area (Å²) in [4.78, 5) is 10.6. The maximum Gasteiger partial charge on any atom is 0.211 e. The highest BCUT2D eigenvalue weighted by Gasteiger charge is 2.28. The smallest absolute Gasteiger partial charge is 0.211 e. The molecule has 1 aromatic rings. The average molecular weight is 341 g/mol. The largest absolute Gasteiger partial charge is 0.355 e. The number of hydrogen-bond donors (Lipinski definition) is 0. The van der Waals surface area contributed by atoms with Crippen molar-refractivity contribution in [1.82, 2.24) is 14.3 Å². The first-order chi connectivity index (χ1) is 10.4. The van der Waals surface area contributed by atoms with Gasteiger partial charge in [-0.05, 0) is 19.1 Å². The molecular weight excluding hydrogens is 322 g/mol. The van der Waals surface area contributed by atoms with E-state index in [2.05, 4.69) is 16.0 Å². The highest BCUT2D eigenvalue weighted by Crippen LogP contribution is 2.25. The lowest BCUT2D eigenvalue weighted by Crippen LogP contribution is -2.45. The summed E-state index contributed by atoms with van der Waals surface area (Å²) in [5.41, 5.74) is 0.452. The third-order valence-corrected chi connectivity index (χ3v) is 5.76. The zero-order chi connectivity index (χ0) is 16.3. The van der Waals surface area contributed by atoms with Crippen molar-refractivity contribution in [3.8, 4) is 6.07 Å². The summed E-state index contributed by atoms with van der Waals surface area (Å²) in [5.74, 6) is 0.641. The van der Waals surface area contributed by atoms with Crippen LogP contribution in [-0.2, 0) is 10.0 Å². The number of nitriles is 1. The number of nitrogens with zero attached hydrogens (tertiary/aromatic N) is 5. The highest BCUT2D eigenvalue weighted by atomic mass is 32.2. The van der Waals surface area contributed by atoms with Gasteiger partial charge in [-0.1, -0.05) is 11.8 Å². The molecule has 2 rings (SSSR count). The first-order valence-corrected chi connectivity index (χ1v) is 9.93. The number of sulfonamides is 1. The van der Waals surface area contributed by atoms with Crippen molar-refractivity contribution in [1.29, 1.82) is 5.26 Å². The second kappa shape index (κ2) is 6.81. The minimum atomic E-state index is -3.17. The summed E-state index contributed by atoms with van der Waals surface area (Å²) in [6.45, 7) is 1.34. The van der Waals surface area contributed by atoms with Crippen LogP contribution in [0, 0.1) is 11.3 Å². The molecule has 0 radical (unpaired) electrons. The lowest BCUT2D eigenvalue weighted by Gasteiger charge is -2.36. The summed E-state index contributed by atoms with van der Waals surface area (Å²) >= 11 is 1.43. The molecule has 1 saturated heterocycles. The Morgan fingerprint density at radius 1 is 1.45 bits per heavy atom. The van der Waals surface area contributed by atoms with Gasteiger partial charge in [0.15, 0.2) is 11.0 Å². The molecule has 0 saturated carbocycles. The van der Waals surface area contributed by atoms with E-state index in [1.807, 2.05) is 11.2 Å². The normalized spacial score (nSPS) is 16.8. The molecule has 0 spiro atoms. The van der Waals surface area contributed by atoms with Crippen LogP contribution in [0.3, 0.4) is 0 Å². The number of thioether (sulfide) groups is 1. The monoisotopic (exact) mass is 341 g/mol. The molecule has 7 nitrogen and oxygen atoms in total. The number of piperidine rings is 1. The molecule has 1 aliphatic rings. The minimum Gasteiger partial charge on any atom is -0.355 e. The van der Waals surface area contributed by atoms with Gasteiger partial charge in [-0.25, -0.2) is 22.7 Å². The van der Waals surface area contributed by atoms with E-state index in [0.717, 1.165) is 0 Å². The average Bonchev–Trinajstić information content (AvgIpc) is 2.52. The van der Waals surface area contributed by atoms with Gasteiger partial charge in [0, 0.05) is 26.2 Å². The Hall–Kier alpha value is -1.37. The van der Waals surface area contributed by atoms with Crippen LogP contribution >= 0.6 is 11.8 Å². The van der Waals surface area contributed by atoms with Gasteiger partial charge in [0.2, 0.25) is 10.0 Å². The number of anilines is 1. The van der Waals surface area contributed by atoms with E-state index in [-0.39, 0.29) is 6.04 Å². The van der Waals surface area contributed by atoms with E-state index >= 15 is 0 Å². The molecule has 22 heavy (non-hydrogen) atoms. The van der Waals surface area contributed by atoms with Gasteiger partial charge in [-0.15, -0.1) is 0 Å². The van der Waals surface area contributed by atoms with Crippen molar-refractivity contribution in [2.75, 3.05) is 37.5 Å². The lowest BCUT2D eigenvalue weighted by molar-refractivity contribution is 0.313. The zero-order valence-electron chi connectivity index (χ0n) is 12.9. The Bertz CT molecular complexity index is 678. The fourth-order valence-electron chi connectivity index (χ4n) is 2.49. The molecular formula is C13H19N5O2S2. The van der Waals surface area contributed by atoms with Crippen LogP contribution in [0.4, 0.5) is 5.82 Å². The molecule has 0 N–H and O–H groups in total. The third-order valence-electron chi connectivity index (χ3n) is 3.85. The maximum atomic E-state index is 11.6. The predicted molar refractivity (Wildman–Crippen MR) is 86.4 cm³/mol. The predicted octanol–water partition coefficient (Wildman–Crippen LogP) is 0.930. The SMILES string of the molecule is CSc1ncc(C#N)c(N2CCC(N(C)S(C)(=O)=O)CC2)n1. The van der Waals surface area contributed by atoms with Crippen LogP contribution in [0.2, 0.25) is 0 Å². The molecule has 0 aromatic carbocycles. The van der Waals surface area contributed by atoms with Crippen molar-refractivity contribution in [2.45, 2.75) is 24.0 Å². The molecule has 2 heterocycles. The van der Waals surface area contributed by atoms with Gasteiger partial charge in [-0.2, -0.15) is 5.26 Å². The van der Waals surface area contributed by atoms with E-state index in [1.54, 1.807) is 13.2 Å². The van der Waals surface area contributed by atoms with Crippen LogP contribution < -0.4 is 4.90 Å². The maximum absolute atomic E-state index is 11.6. The summed E-state index contributed by atoms with van der Waals surface area (Å²) in [5, 5.41) is 9.84.